The average molecular weight is 252 g/mol. The van der Waals surface area contributed by atoms with Crippen LogP contribution in [-0.4, -0.2) is 25.9 Å². The van der Waals surface area contributed by atoms with Crippen LogP contribution in [0.3, 0.4) is 0 Å². The average Bonchev–Trinajstić information content (AvgIpc) is 2.70. The molecule has 2 rings (SSSR count). The van der Waals surface area contributed by atoms with E-state index in [1.165, 1.54) is 0 Å². The fourth-order valence-electron chi connectivity index (χ4n) is 1.91. The lowest BCUT2D eigenvalue weighted by atomic mass is 10.2. The number of methoxy groups -OCH3 is 1. The molecule has 0 spiro atoms. The van der Waals surface area contributed by atoms with Crippen LogP contribution < -0.4 is 9.47 Å². The Balaban J connectivity index is 2.21. The van der Waals surface area contributed by atoms with Crippen LogP contribution in [0, 0.1) is 0 Å². The number of hydrogen-bond donors (Lipinski definition) is 0. The zero-order valence-corrected chi connectivity index (χ0v) is 11.3. The molecule has 1 heterocycles. The van der Waals surface area contributed by atoms with Gasteiger partial charge in [0.2, 0.25) is 0 Å². The Kier molecular flexibility index (Phi) is 4.09. The van der Waals surface area contributed by atoms with E-state index in [-0.39, 0.29) is 18.5 Å². The molecule has 0 aromatic heterocycles. The van der Waals surface area contributed by atoms with Gasteiger partial charge >= 0.3 is 0 Å². The summed E-state index contributed by atoms with van der Waals surface area (Å²) in [7, 11) is 1.63. The largest absolute Gasteiger partial charge is 0.493 e. The summed E-state index contributed by atoms with van der Waals surface area (Å²) in [6.07, 6.45) is -0.111. The zero-order chi connectivity index (χ0) is 13.1. The molecular formula is C14H20O4. The Hall–Kier alpha value is -1.26. The molecule has 1 aromatic rings. The highest BCUT2D eigenvalue weighted by molar-refractivity contribution is 5.43. The van der Waals surface area contributed by atoms with Crippen molar-refractivity contribution in [2.24, 2.45) is 0 Å². The summed E-state index contributed by atoms with van der Waals surface area (Å²) >= 11 is 0. The van der Waals surface area contributed by atoms with Gasteiger partial charge < -0.3 is 18.9 Å². The van der Waals surface area contributed by atoms with Crippen LogP contribution in [0.5, 0.6) is 11.5 Å². The lowest BCUT2D eigenvalue weighted by Crippen LogP contribution is -2.13. The van der Waals surface area contributed by atoms with Gasteiger partial charge in [0.25, 0.3) is 0 Å². The molecule has 1 aromatic carbocycles. The first-order valence-corrected chi connectivity index (χ1v) is 6.27. The Labute approximate surface area is 108 Å². The summed E-state index contributed by atoms with van der Waals surface area (Å²) in [5, 5.41) is 0. The fraction of sp³-hybridized carbons (Fsp3) is 0.571. The molecule has 18 heavy (non-hydrogen) atoms. The van der Waals surface area contributed by atoms with Crippen LogP contribution in [-0.2, 0) is 9.47 Å². The standard InChI is InChI=1S/C14H20O4/c1-5-16-13-8-11(6-7-12(13)15-4)14-17-9(2)10(3)18-14/h6-10,14H,5H2,1-4H3. The Morgan fingerprint density at radius 2 is 1.78 bits per heavy atom. The maximum Gasteiger partial charge on any atom is 0.184 e. The van der Waals surface area contributed by atoms with Crippen LogP contribution in [0.4, 0.5) is 0 Å². The summed E-state index contributed by atoms with van der Waals surface area (Å²) in [5.74, 6) is 1.44. The molecule has 0 radical (unpaired) electrons. The van der Waals surface area contributed by atoms with Gasteiger partial charge in [-0.1, -0.05) is 6.07 Å². The topological polar surface area (TPSA) is 36.9 Å². The SMILES string of the molecule is CCOc1cc(C2OC(C)C(C)O2)ccc1OC. The van der Waals surface area contributed by atoms with Crippen LogP contribution >= 0.6 is 0 Å². The van der Waals surface area contributed by atoms with Gasteiger partial charge in [0.15, 0.2) is 17.8 Å². The Morgan fingerprint density at radius 1 is 1.11 bits per heavy atom. The first kappa shape index (κ1) is 13.2. The molecule has 4 nitrogen and oxygen atoms in total. The molecule has 100 valence electrons. The quantitative estimate of drug-likeness (QED) is 0.825. The van der Waals surface area contributed by atoms with Gasteiger partial charge in [-0.15, -0.1) is 0 Å². The van der Waals surface area contributed by atoms with Crippen molar-refractivity contribution in [3.63, 3.8) is 0 Å². The minimum atomic E-state index is -0.319. The molecule has 0 saturated carbocycles. The van der Waals surface area contributed by atoms with E-state index in [9.17, 15) is 0 Å². The molecule has 0 N–H and O–H groups in total. The molecule has 0 aliphatic carbocycles. The minimum Gasteiger partial charge on any atom is -0.493 e. The normalized spacial score (nSPS) is 27.2. The highest BCUT2D eigenvalue weighted by Gasteiger charge is 2.31. The molecule has 4 heteroatoms. The summed E-state index contributed by atoms with van der Waals surface area (Å²) in [4.78, 5) is 0. The third kappa shape index (κ3) is 2.60. The van der Waals surface area contributed by atoms with Crippen LogP contribution in [0.1, 0.15) is 32.6 Å². The number of benzene rings is 1. The summed E-state index contributed by atoms with van der Waals surface area (Å²) < 4.78 is 22.3. The monoisotopic (exact) mass is 252 g/mol. The van der Waals surface area contributed by atoms with Gasteiger partial charge in [0.05, 0.1) is 25.9 Å². The Morgan fingerprint density at radius 3 is 2.33 bits per heavy atom. The predicted molar refractivity (Wildman–Crippen MR) is 68.0 cm³/mol. The van der Waals surface area contributed by atoms with Crippen molar-refractivity contribution in [2.75, 3.05) is 13.7 Å². The molecule has 1 aliphatic heterocycles. The fourth-order valence-corrected chi connectivity index (χ4v) is 1.91. The second kappa shape index (κ2) is 5.59. The van der Waals surface area contributed by atoms with E-state index in [0.29, 0.717) is 6.61 Å². The van der Waals surface area contributed by atoms with E-state index < -0.39 is 0 Å². The van der Waals surface area contributed by atoms with Crippen molar-refractivity contribution >= 4 is 0 Å². The van der Waals surface area contributed by atoms with Gasteiger partial charge in [0.1, 0.15) is 0 Å². The van der Waals surface area contributed by atoms with Gasteiger partial charge in [0, 0.05) is 5.56 Å². The smallest absolute Gasteiger partial charge is 0.184 e. The van der Waals surface area contributed by atoms with Crippen molar-refractivity contribution < 1.29 is 18.9 Å². The number of rotatable bonds is 4. The van der Waals surface area contributed by atoms with E-state index in [1.807, 2.05) is 39.0 Å². The van der Waals surface area contributed by atoms with Crippen molar-refractivity contribution in [2.45, 2.75) is 39.3 Å². The lowest BCUT2D eigenvalue weighted by molar-refractivity contribution is -0.0654. The lowest BCUT2D eigenvalue weighted by Gasteiger charge is -2.14. The van der Waals surface area contributed by atoms with Crippen LogP contribution in [0.15, 0.2) is 18.2 Å². The van der Waals surface area contributed by atoms with E-state index in [0.717, 1.165) is 17.1 Å². The highest BCUT2D eigenvalue weighted by Crippen LogP contribution is 2.36. The molecule has 1 saturated heterocycles. The Bertz CT molecular complexity index is 395. The van der Waals surface area contributed by atoms with E-state index in [2.05, 4.69) is 0 Å². The molecule has 2 atom stereocenters. The maximum absolute atomic E-state index is 5.75. The summed E-state index contributed by atoms with van der Waals surface area (Å²) in [6.45, 7) is 6.56. The van der Waals surface area contributed by atoms with E-state index in [4.69, 9.17) is 18.9 Å². The molecular weight excluding hydrogens is 232 g/mol. The van der Waals surface area contributed by atoms with Crippen molar-refractivity contribution in [3.8, 4) is 11.5 Å². The second-order valence-electron chi connectivity index (χ2n) is 4.36. The molecule has 0 bridgehead atoms. The maximum atomic E-state index is 5.75. The summed E-state index contributed by atoms with van der Waals surface area (Å²) in [5.41, 5.74) is 0.954. The van der Waals surface area contributed by atoms with Crippen LogP contribution in [0.2, 0.25) is 0 Å². The first-order valence-electron chi connectivity index (χ1n) is 6.27. The molecule has 1 fully saturated rings. The predicted octanol–water partition coefficient (Wildman–Crippen LogP) is 2.92. The van der Waals surface area contributed by atoms with Gasteiger partial charge in [-0.2, -0.15) is 0 Å². The van der Waals surface area contributed by atoms with E-state index in [1.54, 1.807) is 7.11 Å². The van der Waals surface area contributed by atoms with E-state index >= 15 is 0 Å². The number of ether oxygens (including phenoxy) is 4. The van der Waals surface area contributed by atoms with Gasteiger partial charge in [-0.25, -0.2) is 0 Å². The first-order chi connectivity index (χ1) is 8.65. The van der Waals surface area contributed by atoms with Crippen molar-refractivity contribution in [3.05, 3.63) is 23.8 Å². The molecule has 2 unspecified atom stereocenters. The third-order valence-electron chi connectivity index (χ3n) is 3.10. The molecule has 0 amide bonds. The number of hydrogen-bond acceptors (Lipinski definition) is 4. The minimum absolute atomic E-state index is 0.104. The van der Waals surface area contributed by atoms with Crippen LogP contribution in [0.25, 0.3) is 0 Å². The van der Waals surface area contributed by atoms with Gasteiger partial charge in [-0.05, 0) is 32.9 Å². The van der Waals surface area contributed by atoms with Crippen molar-refractivity contribution in [1.82, 2.24) is 0 Å². The van der Waals surface area contributed by atoms with Gasteiger partial charge in [-0.3, -0.25) is 0 Å². The third-order valence-corrected chi connectivity index (χ3v) is 3.10. The summed E-state index contributed by atoms with van der Waals surface area (Å²) in [6, 6.07) is 5.73. The zero-order valence-electron chi connectivity index (χ0n) is 11.3. The highest BCUT2D eigenvalue weighted by atomic mass is 16.7. The second-order valence-corrected chi connectivity index (χ2v) is 4.36. The van der Waals surface area contributed by atoms with Crippen molar-refractivity contribution in [1.29, 1.82) is 0 Å². The molecule has 1 aliphatic rings.